The van der Waals surface area contributed by atoms with Gasteiger partial charge in [0.15, 0.2) is 0 Å². The van der Waals surface area contributed by atoms with E-state index in [1.165, 1.54) is 44.9 Å². The zero-order chi connectivity index (χ0) is 12.7. The highest BCUT2D eigenvalue weighted by Crippen LogP contribution is 2.36. The lowest BCUT2D eigenvalue weighted by atomic mass is 9.77. The van der Waals surface area contributed by atoms with Gasteiger partial charge in [-0.25, -0.2) is 0 Å². The summed E-state index contributed by atoms with van der Waals surface area (Å²) in [5, 5.41) is 3.53. The smallest absolute Gasteiger partial charge is 0.0834 e. The highest BCUT2D eigenvalue weighted by atomic mass is 16.5. The Bertz CT molecular complexity index is 192. The van der Waals surface area contributed by atoms with Crippen LogP contribution in [0.4, 0.5) is 0 Å². The van der Waals surface area contributed by atoms with Crippen molar-refractivity contribution in [2.75, 3.05) is 13.7 Å². The number of hydrogen-bond donors (Lipinski definition) is 1. The Morgan fingerprint density at radius 3 is 2.24 bits per heavy atom. The van der Waals surface area contributed by atoms with Gasteiger partial charge >= 0.3 is 0 Å². The molecule has 0 saturated heterocycles. The highest BCUT2D eigenvalue weighted by molar-refractivity contribution is 4.95. The summed E-state index contributed by atoms with van der Waals surface area (Å²) >= 11 is 0. The number of likely N-dealkylation sites (N-methyl/N-ethyl adjacent to an activating group) is 1. The molecule has 0 aromatic carbocycles. The van der Waals surface area contributed by atoms with Crippen LogP contribution < -0.4 is 5.32 Å². The molecule has 17 heavy (non-hydrogen) atoms. The van der Waals surface area contributed by atoms with Crippen molar-refractivity contribution in [2.24, 2.45) is 5.92 Å². The van der Waals surface area contributed by atoms with Gasteiger partial charge in [-0.05, 0) is 45.6 Å². The second-order valence-electron chi connectivity index (χ2n) is 5.87. The number of hydrogen-bond acceptors (Lipinski definition) is 2. The van der Waals surface area contributed by atoms with Crippen molar-refractivity contribution >= 4 is 0 Å². The van der Waals surface area contributed by atoms with E-state index in [4.69, 9.17) is 4.74 Å². The minimum atomic E-state index is 0.122. The van der Waals surface area contributed by atoms with Crippen molar-refractivity contribution in [2.45, 2.75) is 77.4 Å². The van der Waals surface area contributed by atoms with Gasteiger partial charge in [0.05, 0.1) is 5.60 Å². The first-order valence-corrected chi connectivity index (χ1v) is 7.46. The third-order valence-electron chi connectivity index (χ3n) is 4.15. The fourth-order valence-corrected chi connectivity index (χ4v) is 3.20. The van der Waals surface area contributed by atoms with Crippen LogP contribution in [0, 0.1) is 5.92 Å². The maximum Gasteiger partial charge on any atom is 0.0834 e. The summed E-state index contributed by atoms with van der Waals surface area (Å²) in [6, 6.07) is 0.533. The molecule has 0 aromatic rings. The van der Waals surface area contributed by atoms with E-state index >= 15 is 0 Å². The molecule has 1 aliphatic rings. The van der Waals surface area contributed by atoms with Crippen molar-refractivity contribution in [3.8, 4) is 0 Å². The Labute approximate surface area is 108 Å². The van der Waals surface area contributed by atoms with Gasteiger partial charge in [0.25, 0.3) is 0 Å². The van der Waals surface area contributed by atoms with Crippen LogP contribution in [0.1, 0.15) is 65.7 Å². The van der Waals surface area contributed by atoms with Crippen molar-refractivity contribution in [1.29, 1.82) is 0 Å². The molecule has 0 heterocycles. The van der Waals surface area contributed by atoms with Crippen molar-refractivity contribution in [3.63, 3.8) is 0 Å². The summed E-state index contributed by atoms with van der Waals surface area (Å²) in [6.07, 6.45) is 9.07. The lowest BCUT2D eigenvalue weighted by Crippen LogP contribution is -2.52. The van der Waals surface area contributed by atoms with E-state index in [-0.39, 0.29) is 5.60 Å². The Balaban J connectivity index is 2.63. The Morgan fingerprint density at radius 2 is 1.76 bits per heavy atom. The quantitative estimate of drug-likeness (QED) is 0.733. The van der Waals surface area contributed by atoms with Gasteiger partial charge in [-0.3, -0.25) is 0 Å². The van der Waals surface area contributed by atoms with Gasteiger partial charge in [0.1, 0.15) is 0 Å². The molecule has 0 aliphatic heterocycles. The maximum absolute atomic E-state index is 6.19. The summed E-state index contributed by atoms with van der Waals surface area (Å²) in [5.74, 6) is 0.785. The third kappa shape index (κ3) is 4.26. The molecule has 0 amide bonds. The summed E-state index contributed by atoms with van der Waals surface area (Å²) in [5.41, 5.74) is 0.122. The van der Waals surface area contributed by atoms with Crippen LogP contribution in [0.3, 0.4) is 0 Å². The summed E-state index contributed by atoms with van der Waals surface area (Å²) in [7, 11) is 2.10. The van der Waals surface area contributed by atoms with Gasteiger partial charge in [-0.2, -0.15) is 0 Å². The summed E-state index contributed by atoms with van der Waals surface area (Å²) in [4.78, 5) is 0. The van der Waals surface area contributed by atoms with Crippen LogP contribution in [0.25, 0.3) is 0 Å². The van der Waals surface area contributed by atoms with Crippen molar-refractivity contribution < 1.29 is 4.74 Å². The predicted octanol–water partition coefficient (Wildman–Crippen LogP) is 3.75. The lowest BCUT2D eigenvalue weighted by molar-refractivity contribution is -0.0908. The average molecular weight is 241 g/mol. The molecule has 1 N–H and O–H groups in total. The van der Waals surface area contributed by atoms with E-state index in [2.05, 4.69) is 33.1 Å². The molecular formula is C15H31NO. The second kappa shape index (κ2) is 7.38. The van der Waals surface area contributed by atoms with Gasteiger partial charge < -0.3 is 10.1 Å². The van der Waals surface area contributed by atoms with E-state index in [0.29, 0.717) is 6.04 Å². The average Bonchev–Trinajstić information content (AvgIpc) is 2.31. The fourth-order valence-electron chi connectivity index (χ4n) is 3.20. The Kier molecular flexibility index (Phi) is 6.50. The molecule has 1 unspecified atom stereocenters. The summed E-state index contributed by atoms with van der Waals surface area (Å²) in [6.45, 7) is 7.59. The molecule has 0 aromatic heterocycles. The van der Waals surface area contributed by atoms with Crippen molar-refractivity contribution in [1.82, 2.24) is 5.32 Å². The van der Waals surface area contributed by atoms with Crippen LogP contribution in [-0.2, 0) is 4.74 Å². The Hall–Kier alpha value is -0.0800. The van der Waals surface area contributed by atoms with Crippen LogP contribution in [0.15, 0.2) is 0 Å². The number of rotatable bonds is 7. The molecule has 1 atom stereocenters. The minimum Gasteiger partial charge on any atom is -0.374 e. The molecule has 1 saturated carbocycles. The predicted molar refractivity (Wildman–Crippen MR) is 74.4 cm³/mol. The van der Waals surface area contributed by atoms with Gasteiger partial charge in [-0.1, -0.05) is 33.1 Å². The molecule has 0 bridgehead atoms. The van der Waals surface area contributed by atoms with E-state index in [1.54, 1.807) is 0 Å². The maximum atomic E-state index is 6.19. The normalized spacial score (nSPS) is 21.7. The first kappa shape index (κ1) is 15.0. The number of nitrogens with one attached hydrogen (secondary N) is 1. The fraction of sp³-hybridized carbons (Fsp3) is 1.00. The zero-order valence-electron chi connectivity index (χ0n) is 12.2. The largest absolute Gasteiger partial charge is 0.374 e. The highest BCUT2D eigenvalue weighted by Gasteiger charge is 2.39. The molecule has 1 fully saturated rings. The van der Waals surface area contributed by atoms with Gasteiger partial charge in [0.2, 0.25) is 0 Å². The third-order valence-corrected chi connectivity index (χ3v) is 4.15. The van der Waals surface area contributed by atoms with E-state index in [9.17, 15) is 0 Å². The van der Waals surface area contributed by atoms with E-state index < -0.39 is 0 Å². The Morgan fingerprint density at radius 1 is 1.12 bits per heavy atom. The minimum absolute atomic E-state index is 0.122. The topological polar surface area (TPSA) is 21.3 Å². The molecular weight excluding hydrogens is 210 g/mol. The molecule has 1 aliphatic carbocycles. The zero-order valence-corrected chi connectivity index (χ0v) is 12.2. The van der Waals surface area contributed by atoms with Gasteiger partial charge in [0, 0.05) is 12.6 Å². The second-order valence-corrected chi connectivity index (χ2v) is 5.87. The molecule has 2 nitrogen and oxygen atoms in total. The van der Waals surface area contributed by atoms with Gasteiger partial charge in [-0.15, -0.1) is 0 Å². The number of ether oxygens (including phenoxy) is 1. The molecule has 0 radical (unpaired) electrons. The van der Waals surface area contributed by atoms with Crippen LogP contribution in [0.5, 0.6) is 0 Å². The lowest BCUT2D eigenvalue weighted by Gasteiger charge is -2.43. The SMILES string of the molecule is CCOC1(C(CCC(C)C)NC)CCCCC1. The molecule has 0 spiro atoms. The molecule has 2 heteroatoms. The molecule has 102 valence electrons. The standard InChI is InChI=1S/C15H31NO/c1-5-17-15(11-7-6-8-12-15)14(16-4)10-9-13(2)3/h13-14,16H,5-12H2,1-4H3. The van der Waals surface area contributed by atoms with Crippen molar-refractivity contribution in [3.05, 3.63) is 0 Å². The van der Waals surface area contributed by atoms with E-state index in [0.717, 1.165) is 12.5 Å². The summed E-state index contributed by atoms with van der Waals surface area (Å²) < 4.78 is 6.19. The van der Waals surface area contributed by atoms with Crippen LogP contribution in [-0.4, -0.2) is 25.3 Å². The van der Waals surface area contributed by atoms with Crippen LogP contribution in [0.2, 0.25) is 0 Å². The first-order chi connectivity index (χ1) is 8.14. The first-order valence-electron chi connectivity index (χ1n) is 7.46. The monoisotopic (exact) mass is 241 g/mol. The van der Waals surface area contributed by atoms with E-state index in [1.807, 2.05) is 0 Å². The van der Waals surface area contributed by atoms with Crippen LogP contribution >= 0.6 is 0 Å². The molecule has 1 rings (SSSR count).